The standard InChI is InChI=1S/C25H24F2N4O3/c1-2-33-22-6-4-3-5-20(22)31-15-24(34-23(31)32)9-10-25(26,27)18(12-24)14-30-16-29-19-8-7-17(13-28)11-21(19)30/h3-8,11,16,18H,2,9-10,12,14-15H2,1H3/t18?,24-/m0/s1. The molecule has 7 nitrogen and oxygen atoms in total. The van der Waals surface area contributed by atoms with Crippen LogP contribution in [0.25, 0.3) is 11.0 Å². The molecule has 1 aliphatic carbocycles. The second kappa shape index (κ2) is 8.28. The normalized spacial score (nSPS) is 23.8. The average Bonchev–Trinajstić information content (AvgIpc) is 3.37. The van der Waals surface area contributed by atoms with Crippen LogP contribution in [0, 0.1) is 17.2 Å². The first-order valence-electron chi connectivity index (χ1n) is 11.3. The third kappa shape index (κ3) is 3.83. The summed E-state index contributed by atoms with van der Waals surface area (Å²) in [6, 6.07) is 14.2. The van der Waals surface area contributed by atoms with E-state index in [2.05, 4.69) is 11.1 Å². The molecule has 1 unspecified atom stereocenters. The fourth-order valence-corrected chi connectivity index (χ4v) is 5.01. The maximum Gasteiger partial charge on any atom is 0.415 e. The molecule has 1 spiro atoms. The maximum absolute atomic E-state index is 15.1. The Hall–Kier alpha value is -3.67. The molecule has 34 heavy (non-hydrogen) atoms. The van der Waals surface area contributed by atoms with E-state index in [0.29, 0.717) is 34.6 Å². The summed E-state index contributed by atoms with van der Waals surface area (Å²) in [5.41, 5.74) is 1.28. The second-order valence-electron chi connectivity index (χ2n) is 8.91. The third-order valence-corrected chi connectivity index (χ3v) is 6.72. The number of rotatable bonds is 5. The highest BCUT2D eigenvalue weighted by molar-refractivity contribution is 5.92. The zero-order valence-corrected chi connectivity index (χ0v) is 18.7. The molecule has 176 valence electrons. The van der Waals surface area contributed by atoms with Gasteiger partial charge in [0.25, 0.3) is 5.92 Å². The first-order chi connectivity index (χ1) is 16.3. The minimum Gasteiger partial charge on any atom is -0.492 e. The van der Waals surface area contributed by atoms with Gasteiger partial charge in [-0.2, -0.15) is 5.26 Å². The predicted molar refractivity (Wildman–Crippen MR) is 121 cm³/mol. The van der Waals surface area contributed by atoms with Crippen molar-refractivity contribution >= 4 is 22.8 Å². The van der Waals surface area contributed by atoms with Crippen molar-refractivity contribution in [1.82, 2.24) is 9.55 Å². The molecule has 1 aromatic heterocycles. The number of carbonyl (C=O) groups is 1. The molecule has 2 fully saturated rings. The molecule has 3 aromatic rings. The van der Waals surface area contributed by atoms with Crippen LogP contribution in [-0.4, -0.2) is 40.3 Å². The van der Waals surface area contributed by atoms with Gasteiger partial charge in [-0.05, 0) is 50.1 Å². The van der Waals surface area contributed by atoms with Gasteiger partial charge in [0, 0.05) is 18.9 Å². The molecule has 0 N–H and O–H groups in total. The molecular formula is C25H24F2N4O3. The molecule has 2 heterocycles. The van der Waals surface area contributed by atoms with Crippen LogP contribution in [-0.2, 0) is 11.3 Å². The van der Waals surface area contributed by atoms with Crippen molar-refractivity contribution in [2.24, 2.45) is 5.92 Å². The number of amides is 1. The lowest BCUT2D eigenvalue weighted by atomic mass is 9.75. The van der Waals surface area contributed by atoms with Gasteiger partial charge >= 0.3 is 6.09 Å². The van der Waals surface area contributed by atoms with E-state index >= 15 is 8.78 Å². The molecule has 2 aliphatic rings. The Morgan fingerprint density at radius 2 is 2.09 bits per heavy atom. The van der Waals surface area contributed by atoms with Crippen molar-refractivity contribution < 1.29 is 23.0 Å². The van der Waals surface area contributed by atoms with E-state index < -0.39 is 23.5 Å². The van der Waals surface area contributed by atoms with Gasteiger partial charge in [0.15, 0.2) is 0 Å². The number of benzene rings is 2. The van der Waals surface area contributed by atoms with Crippen LogP contribution in [0.1, 0.15) is 31.7 Å². The maximum atomic E-state index is 15.1. The Balaban J connectivity index is 1.41. The Morgan fingerprint density at radius 1 is 1.26 bits per heavy atom. The van der Waals surface area contributed by atoms with Crippen molar-refractivity contribution in [1.29, 1.82) is 5.26 Å². The molecule has 9 heteroatoms. The monoisotopic (exact) mass is 466 g/mol. The lowest BCUT2D eigenvalue weighted by molar-refractivity contribution is -0.139. The van der Waals surface area contributed by atoms with Crippen LogP contribution in [0.15, 0.2) is 48.8 Å². The van der Waals surface area contributed by atoms with Gasteiger partial charge in [0.2, 0.25) is 0 Å². The molecule has 1 amide bonds. The SMILES string of the molecule is CCOc1ccccc1N1C[C@@]2(CCC(F)(F)C(Cn3cnc4ccc(C#N)cc43)C2)OC1=O. The highest BCUT2D eigenvalue weighted by atomic mass is 19.3. The number of hydrogen-bond acceptors (Lipinski definition) is 5. The van der Waals surface area contributed by atoms with E-state index in [0.717, 1.165) is 0 Å². The average molecular weight is 466 g/mol. The Labute approximate surface area is 195 Å². The van der Waals surface area contributed by atoms with Gasteiger partial charge in [-0.15, -0.1) is 0 Å². The summed E-state index contributed by atoms with van der Waals surface area (Å²) in [5.74, 6) is -3.42. The minimum absolute atomic E-state index is 0.00716. The number of fused-ring (bicyclic) bond motifs is 1. The smallest absolute Gasteiger partial charge is 0.415 e. The van der Waals surface area contributed by atoms with Gasteiger partial charge in [-0.3, -0.25) is 4.90 Å². The number of para-hydroxylation sites is 2. The molecule has 2 aromatic carbocycles. The number of nitrogens with zero attached hydrogens (tertiary/aromatic N) is 4. The fraction of sp³-hybridized carbons (Fsp3) is 0.400. The number of nitriles is 1. The summed E-state index contributed by atoms with van der Waals surface area (Å²) in [6.45, 7) is 2.48. The summed E-state index contributed by atoms with van der Waals surface area (Å²) < 4.78 is 43.2. The second-order valence-corrected chi connectivity index (χ2v) is 8.91. The summed E-state index contributed by atoms with van der Waals surface area (Å²) in [4.78, 5) is 18.6. The van der Waals surface area contributed by atoms with E-state index in [1.807, 2.05) is 13.0 Å². The van der Waals surface area contributed by atoms with E-state index in [1.165, 1.54) is 11.2 Å². The van der Waals surface area contributed by atoms with E-state index in [4.69, 9.17) is 9.47 Å². The third-order valence-electron chi connectivity index (χ3n) is 6.72. The Morgan fingerprint density at radius 3 is 2.88 bits per heavy atom. The zero-order chi connectivity index (χ0) is 23.9. The summed E-state index contributed by atoms with van der Waals surface area (Å²) in [7, 11) is 0. The zero-order valence-electron chi connectivity index (χ0n) is 18.7. The lowest BCUT2D eigenvalue weighted by Gasteiger charge is -2.41. The van der Waals surface area contributed by atoms with Crippen molar-refractivity contribution in [2.45, 2.75) is 44.3 Å². The van der Waals surface area contributed by atoms with Crippen LogP contribution >= 0.6 is 0 Å². The first kappa shape index (κ1) is 22.1. The summed E-state index contributed by atoms with van der Waals surface area (Å²) >= 11 is 0. The number of carbonyl (C=O) groups excluding carboxylic acids is 1. The number of alkyl halides is 2. The number of imidazole rings is 1. The van der Waals surface area contributed by atoms with Gasteiger partial charge in [-0.25, -0.2) is 18.6 Å². The number of halogens is 2. The van der Waals surface area contributed by atoms with E-state index in [-0.39, 0.29) is 32.4 Å². The lowest BCUT2D eigenvalue weighted by Crippen LogP contribution is -2.48. The number of anilines is 1. The molecule has 0 bridgehead atoms. The van der Waals surface area contributed by atoms with Crippen molar-refractivity contribution in [3.63, 3.8) is 0 Å². The quantitative estimate of drug-likeness (QED) is 0.520. The van der Waals surface area contributed by atoms with Crippen LogP contribution < -0.4 is 9.64 Å². The molecule has 1 saturated heterocycles. The summed E-state index contributed by atoms with van der Waals surface area (Å²) in [5, 5.41) is 9.20. The van der Waals surface area contributed by atoms with E-state index in [1.54, 1.807) is 41.0 Å². The van der Waals surface area contributed by atoms with Crippen LogP contribution in [0.5, 0.6) is 5.75 Å². The van der Waals surface area contributed by atoms with E-state index in [9.17, 15) is 10.1 Å². The molecule has 5 rings (SSSR count). The number of aromatic nitrogens is 2. The van der Waals surface area contributed by atoms with Gasteiger partial charge in [-0.1, -0.05) is 12.1 Å². The highest BCUT2D eigenvalue weighted by Gasteiger charge is 2.56. The fourth-order valence-electron chi connectivity index (χ4n) is 5.01. The van der Waals surface area contributed by atoms with Crippen molar-refractivity contribution in [3.05, 3.63) is 54.4 Å². The summed E-state index contributed by atoms with van der Waals surface area (Å²) in [6.07, 6.45) is 0.703. The predicted octanol–water partition coefficient (Wildman–Crippen LogP) is 5.14. The minimum atomic E-state index is -2.92. The highest BCUT2D eigenvalue weighted by Crippen LogP contribution is 2.49. The van der Waals surface area contributed by atoms with Crippen LogP contribution in [0.4, 0.5) is 19.3 Å². The largest absolute Gasteiger partial charge is 0.492 e. The van der Waals surface area contributed by atoms with Crippen molar-refractivity contribution in [3.8, 4) is 11.8 Å². The molecule has 2 atom stereocenters. The Bertz CT molecular complexity index is 1280. The van der Waals surface area contributed by atoms with Crippen LogP contribution in [0.2, 0.25) is 0 Å². The van der Waals surface area contributed by atoms with Gasteiger partial charge in [0.05, 0.1) is 47.8 Å². The van der Waals surface area contributed by atoms with Crippen LogP contribution in [0.3, 0.4) is 0 Å². The Kier molecular flexibility index (Phi) is 5.39. The molecular weight excluding hydrogens is 442 g/mol. The number of ether oxygens (including phenoxy) is 2. The molecule has 1 aliphatic heterocycles. The molecule has 0 radical (unpaired) electrons. The topological polar surface area (TPSA) is 80.4 Å². The van der Waals surface area contributed by atoms with Gasteiger partial charge in [0.1, 0.15) is 11.4 Å². The first-order valence-corrected chi connectivity index (χ1v) is 11.3. The van der Waals surface area contributed by atoms with Crippen molar-refractivity contribution in [2.75, 3.05) is 18.1 Å². The number of hydrogen-bond donors (Lipinski definition) is 0. The van der Waals surface area contributed by atoms with Gasteiger partial charge < -0.3 is 14.0 Å². The molecule has 1 saturated carbocycles.